The summed E-state index contributed by atoms with van der Waals surface area (Å²) in [4.78, 5) is 0. The Hall–Kier alpha value is -1.56. The van der Waals surface area contributed by atoms with Crippen LogP contribution in [-0.4, -0.2) is 0 Å². The van der Waals surface area contributed by atoms with E-state index >= 15 is 0 Å². The van der Waals surface area contributed by atoms with Gasteiger partial charge in [-0.2, -0.15) is 0 Å². The Labute approximate surface area is 149 Å². The van der Waals surface area contributed by atoms with E-state index in [0.29, 0.717) is 17.3 Å². The summed E-state index contributed by atoms with van der Waals surface area (Å²) in [5, 5.41) is 0. The summed E-state index contributed by atoms with van der Waals surface area (Å²) in [6, 6.07) is 22.2. The second kappa shape index (κ2) is 7.55. The molecule has 0 heteroatoms. The molecular weight excluding hydrogens is 288 g/mol. The second-order valence-corrected chi connectivity index (χ2v) is 9.44. The summed E-state index contributed by atoms with van der Waals surface area (Å²) in [5.74, 6) is 1.15. The van der Waals surface area contributed by atoms with Gasteiger partial charge in [0.25, 0.3) is 0 Å². The van der Waals surface area contributed by atoms with Gasteiger partial charge in [-0.3, -0.25) is 0 Å². The average molecular weight is 323 g/mol. The Morgan fingerprint density at radius 3 is 1.54 bits per heavy atom. The molecule has 2 aromatic carbocycles. The van der Waals surface area contributed by atoms with E-state index in [1.807, 2.05) is 0 Å². The molecule has 2 atom stereocenters. The van der Waals surface area contributed by atoms with Crippen molar-refractivity contribution in [2.75, 3.05) is 0 Å². The van der Waals surface area contributed by atoms with Crippen molar-refractivity contribution in [1.82, 2.24) is 0 Å². The van der Waals surface area contributed by atoms with Gasteiger partial charge in [-0.15, -0.1) is 0 Å². The molecule has 130 valence electrons. The largest absolute Gasteiger partial charge is 0.0622 e. The number of rotatable bonds is 5. The Kier molecular flexibility index (Phi) is 5.91. The Balaban J connectivity index is 2.34. The van der Waals surface area contributed by atoms with Crippen LogP contribution in [0, 0.1) is 10.8 Å². The van der Waals surface area contributed by atoms with Crippen LogP contribution in [0.1, 0.15) is 77.3 Å². The van der Waals surface area contributed by atoms with Crippen molar-refractivity contribution >= 4 is 0 Å². The highest BCUT2D eigenvalue weighted by atomic mass is 14.4. The Bertz CT molecular complexity index is 596. The van der Waals surface area contributed by atoms with Crippen molar-refractivity contribution in [3.8, 4) is 0 Å². The fourth-order valence-corrected chi connectivity index (χ4v) is 3.76. The first-order valence-electron chi connectivity index (χ1n) is 9.27. The van der Waals surface area contributed by atoms with Crippen LogP contribution in [0.5, 0.6) is 0 Å². The van der Waals surface area contributed by atoms with E-state index in [-0.39, 0.29) is 5.41 Å². The minimum absolute atomic E-state index is 0.256. The SMILES string of the molecule is CC(C)(C)CC(CC(c1ccccc1)C(C)(C)C)c1ccccc1. The van der Waals surface area contributed by atoms with Gasteiger partial charge in [0.2, 0.25) is 0 Å². The number of benzene rings is 2. The van der Waals surface area contributed by atoms with Crippen LogP contribution in [0.2, 0.25) is 0 Å². The maximum absolute atomic E-state index is 2.38. The third-order valence-corrected chi connectivity index (χ3v) is 4.90. The Morgan fingerprint density at radius 2 is 1.12 bits per heavy atom. The van der Waals surface area contributed by atoms with Gasteiger partial charge in [0, 0.05) is 0 Å². The molecule has 0 nitrogen and oxygen atoms in total. The molecule has 0 aliphatic heterocycles. The summed E-state index contributed by atoms with van der Waals surface area (Å²) >= 11 is 0. The van der Waals surface area contributed by atoms with Crippen molar-refractivity contribution < 1.29 is 0 Å². The summed E-state index contributed by atoms with van der Waals surface area (Å²) in [6.45, 7) is 14.2. The summed E-state index contributed by atoms with van der Waals surface area (Å²) < 4.78 is 0. The van der Waals surface area contributed by atoms with Crippen LogP contribution < -0.4 is 0 Å². The molecule has 0 amide bonds. The van der Waals surface area contributed by atoms with Crippen molar-refractivity contribution in [3.63, 3.8) is 0 Å². The topological polar surface area (TPSA) is 0 Å². The average Bonchev–Trinajstić information content (AvgIpc) is 2.51. The van der Waals surface area contributed by atoms with Gasteiger partial charge in [-0.25, -0.2) is 0 Å². The quantitative estimate of drug-likeness (QED) is 0.537. The third-order valence-electron chi connectivity index (χ3n) is 4.90. The molecule has 0 N–H and O–H groups in total. The maximum Gasteiger partial charge on any atom is -0.0107 e. The van der Waals surface area contributed by atoms with E-state index in [4.69, 9.17) is 0 Å². The lowest BCUT2D eigenvalue weighted by Gasteiger charge is -2.36. The molecule has 0 bridgehead atoms. The van der Waals surface area contributed by atoms with Crippen LogP contribution in [-0.2, 0) is 0 Å². The van der Waals surface area contributed by atoms with E-state index in [2.05, 4.69) is 102 Å². The molecule has 0 aliphatic rings. The standard InChI is InChI=1S/C24H34/c1-23(2,3)18-21(19-13-9-7-10-14-19)17-22(24(4,5)6)20-15-11-8-12-16-20/h7-16,21-22H,17-18H2,1-6H3. The van der Waals surface area contributed by atoms with Gasteiger partial charge in [0.05, 0.1) is 0 Å². The van der Waals surface area contributed by atoms with E-state index < -0.39 is 0 Å². The molecule has 0 spiro atoms. The molecule has 24 heavy (non-hydrogen) atoms. The zero-order valence-electron chi connectivity index (χ0n) is 16.3. The molecule has 2 rings (SSSR count). The summed E-state index contributed by atoms with van der Waals surface area (Å²) in [7, 11) is 0. The van der Waals surface area contributed by atoms with E-state index in [1.165, 1.54) is 24.0 Å². The lowest BCUT2D eigenvalue weighted by molar-refractivity contribution is 0.256. The minimum Gasteiger partial charge on any atom is -0.0622 e. The van der Waals surface area contributed by atoms with Crippen LogP contribution in [0.25, 0.3) is 0 Å². The highest BCUT2D eigenvalue weighted by Crippen LogP contribution is 2.45. The van der Waals surface area contributed by atoms with E-state index in [0.717, 1.165) is 0 Å². The number of hydrogen-bond donors (Lipinski definition) is 0. The smallest absolute Gasteiger partial charge is 0.0107 e. The van der Waals surface area contributed by atoms with Gasteiger partial charge < -0.3 is 0 Å². The predicted molar refractivity (Wildman–Crippen MR) is 107 cm³/mol. The number of hydrogen-bond acceptors (Lipinski definition) is 0. The zero-order valence-corrected chi connectivity index (χ0v) is 16.3. The normalized spacial score (nSPS) is 15.1. The van der Waals surface area contributed by atoms with E-state index in [9.17, 15) is 0 Å². The third kappa shape index (κ3) is 5.51. The first-order chi connectivity index (χ1) is 11.2. The van der Waals surface area contributed by atoms with Crippen LogP contribution >= 0.6 is 0 Å². The fraction of sp³-hybridized carbons (Fsp3) is 0.500. The Morgan fingerprint density at radius 1 is 0.667 bits per heavy atom. The van der Waals surface area contributed by atoms with Gasteiger partial charge in [-0.05, 0) is 46.6 Å². The fourth-order valence-electron chi connectivity index (χ4n) is 3.76. The van der Waals surface area contributed by atoms with Gasteiger partial charge in [-0.1, -0.05) is 102 Å². The van der Waals surface area contributed by atoms with Crippen LogP contribution in [0.15, 0.2) is 60.7 Å². The summed E-state index contributed by atoms with van der Waals surface area (Å²) in [5.41, 5.74) is 3.55. The molecule has 0 saturated carbocycles. The highest BCUT2D eigenvalue weighted by Gasteiger charge is 2.31. The van der Waals surface area contributed by atoms with Crippen LogP contribution in [0.4, 0.5) is 0 Å². The van der Waals surface area contributed by atoms with E-state index in [1.54, 1.807) is 0 Å². The van der Waals surface area contributed by atoms with Crippen molar-refractivity contribution in [3.05, 3.63) is 71.8 Å². The van der Waals surface area contributed by atoms with Gasteiger partial charge in [0.1, 0.15) is 0 Å². The monoisotopic (exact) mass is 322 g/mol. The molecule has 0 aromatic heterocycles. The van der Waals surface area contributed by atoms with Crippen LogP contribution in [0.3, 0.4) is 0 Å². The maximum atomic E-state index is 2.38. The molecule has 2 aromatic rings. The predicted octanol–water partition coefficient (Wildman–Crippen LogP) is 7.43. The summed E-state index contributed by atoms with van der Waals surface area (Å²) in [6.07, 6.45) is 2.42. The molecule has 0 heterocycles. The molecular formula is C24H34. The highest BCUT2D eigenvalue weighted by molar-refractivity contribution is 5.25. The van der Waals surface area contributed by atoms with Gasteiger partial charge in [0.15, 0.2) is 0 Å². The molecule has 0 radical (unpaired) electrons. The molecule has 2 unspecified atom stereocenters. The molecule has 0 saturated heterocycles. The first-order valence-corrected chi connectivity index (χ1v) is 9.27. The first kappa shape index (κ1) is 18.8. The lowest BCUT2D eigenvalue weighted by Crippen LogP contribution is -2.23. The van der Waals surface area contributed by atoms with Crippen molar-refractivity contribution in [1.29, 1.82) is 0 Å². The van der Waals surface area contributed by atoms with Crippen molar-refractivity contribution in [2.24, 2.45) is 10.8 Å². The lowest BCUT2D eigenvalue weighted by atomic mass is 9.68. The van der Waals surface area contributed by atoms with Crippen molar-refractivity contribution in [2.45, 2.75) is 66.2 Å². The van der Waals surface area contributed by atoms with Gasteiger partial charge >= 0.3 is 0 Å². The molecule has 0 fully saturated rings. The second-order valence-electron chi connectivity index (χ2n) is 9.44. The zero-order chi connectivity index (χ0) is 17.8. The molecule has 0 aliphatic carbocycles. The minimum atomic E-state index is 0.256.